The van der Waals surface area contributed by atoms with Crippen LogP contribution in [0.15, 0.2) is 103 Å². The Bertz CT molecular complexity index is 1670. The lowest BCUT2D eigenvalue weighted by Crippen LogP contribution is -2.31. The molecule has 1 unspecified atom stereocenters. The number of rotatable bonds is 9. The van der Waals surface area contributed by atoms with E-state index in [1.807, 2.05) is 60.7 Å². The molecule has 1 fully saturated rings. The molecule has 1 N–H and O–H groups in total. The van der Waals surface area contributed by atoms with Crippen molar-refractivity contribution in [1.82, 2.24) is 4.90 Å². The number of likely N-dealkylation sites (tertiary alicyclic amines) is 1. The molecule has 8 nitrogen and oxygen atoms in total. The second-order valence-electron chi connectivity index (χ2n) is 10.3. The summed E-state index contributed by atoms with van der Waals surface area (Å²) < 4.78 is 23.0. The van der Waals surface area contributed by atoms with Crippen molar-refractivity contribution in [2.24, 2.45) is 0 Å². The lowest BCUT2D eigenvalue weighted by molar-refractivity contribution is -0.139. The molecule has 0 radical (unpaired) electrons. The number of aliphatic hydroxyl groups excluding tert-OH is 1. The van der Waals surface area contributed by atoms with Gasteiger partial charge in [-0.25, -0.2) is 0 Å². The van der Waals surface area contributed by atoms with Crippen molar-refractivity contribution in [1.29, 1.82) is 0 Å². The molecule has 8 heteroatoms. The molecule has 0 bridgehead atoms. The maximum Gasteiger partial charge on any atom is 0.295 e. The predicted octanol–water partition coefficient (Wildman–Crippen LogP) is 5.71. The van der Waals surface area contributed by atoms with E-state index < -0.39 is 17.7 Å². The minimum atomic E-state index is -0.853. The normalized spacial score (nSPS) is 17.1. The van der Waals surface area contributed by atoms with E-state index >= 15 is 0 Å². The molecule has 1 amide bonds. The summed E-state index contributed by atoms with van der Waals surface area (Å²) in [4.78, 5) is 28.6. The molecule has 43 heavy (non-hydrogen) atoms. The van der Waals surface area contributed by atoms with E-state index in [2.05, 4.69) is 0 Å². The van der Waals surface area contributed by atoms with E-state index in [4.69, 9.17) is 18.9 Å². The number of benzene rings is 4. The third-order valence-corrected chi connectivity index (χ3v) is 7.58. The van der Waals surface area contributed by atoms with E-state index in [0.717, 1.165) is 11.1 Å². The number of carbonyl (C=O) groups is 2. The van der Waals surface area contributed by atoms with Crippen molar-refractivity contribution in [2.75, 3.05) is 26.9 Å². The van der Waals surface area contributed by atoms with Gasteiger partial charge >= 0.3 is 0 Å². The van der Waals surface area contributed by atoms with Gasteiger partial charge in [0.05, 0.1) is 18.7 Å². The maximum absolute atomic E-state index is 13.6. The lowest BCUT2D eigenvalue weighted by atomic mass is 9.94. The number of carbonyl (C=O) groups excluding carboxylic acids is 2. The first-order chi connectivity index (χ1) is 21.0. The molecule has 2 aliphatic heterocycles. The third-order valence-electron chi connectivity index (χ3n) is 7.58. The van der Waals surface area contributed by atoms with Crippen LogP contribution in [-0.4, -0.2) is 48.6 Å². The standard InChI is InChI=1S/C35H31NO7/c1-40-29-20-25(12-14-27(29)43-22-24-10-6-3-7-11-24)32-31(33(37)26-13-15-28-30(21-26)42-19-18-41-28)34(38)35(39)36(32)17-16-23-8-4-2-5-9-23/h2-15,20-21,32,37H,16-19,22H2,1H3. The van der Waals surface area contributed by atoms with Gasteiger partial charge in [-0.1, -0.05) is 66.7 Å². The molecule has 0 saturated carbocycles. The van der Waals surface area contributed by atoms with Gasteiger partial charge in [0.25, 0.3) is 11.7 Å². The molecule has 4 aromatic rings. The summed E-state index contributed by atoms with van der Waals surface area (Å²) in [5.41, 5.74) is 2.98. The van der Waals surface area contributed by atoms with Gasteiger partial charge in [-0.3, -0.25) is 9.59 Å². The molecule has 0 aliphatic carbocycles. The van der Waals surface area contributed by atoms with Crippen LogP contribution in [0.25, 0.3) is 5.76 Å². The van der Waals surface area contributed by atoms with E-state index in [9.17, 15) is 14.7 Å². The first-order valence-corrected chi connectivity index (χ1v) is 14.1. The smallest absolute Gasteiger partial charge is 0.295 e. The predicted molar refractivity (Wildman–Crippen MR) is 160 cm³/mol. The van der Waals surface area contributed by atoms with Crippen molar-refractivity contribution < 1.29 is 33.6 Å². The number of ketones is 1. The number of fused-ring (bicyclic) bond motifs is 1. The second-order valence-corrected chi connectivity index (χ2v) is 10.3. The van der Waals surface area contributed by atoms with Gasteiger partial charge in [-0.05, 0) is 53.4 Å². The number of nitrogens with zero attached hydrogens (tertiary/aromatic N) is 1. The van der Waals surface area contributed by atoms with Gasteiger partial charge < -0.3 is 29.0 Å². The highest BCUT2D eigenvalue weighted by Gasteiger charge is 2.46. The highest BCUT2D eigenvalue weighted by Crippen LogP contribution is 2.43. The van der Waals surface area contributed by atoms with Crippen LogP contribution in [0.3, 0.4) is 0 Å². The maximum atomic E-state index is 13.6. The van der Waals surface area contributed by atoms with Gasteiger partial charge in [0, 0.05) is 12.1 Å². The quantitative estimate of drug-likeness (QED) is 0.155. The summed E-state index contributed by atoms with van der Waals surface area (Å²) in [6.45, 7) is 1.42. The number of ether oxygens (including phenoxy) is 4. The number of aliphatic hydroxyl groups is 1. The van der Waals surface area contributed by atoms with E-state index in [1.54, 1.807) is 36.4 Å². The third kappa shape index (κ3) is 5.77. The summed E-state index contributed by atoms with van der Waals surface area (Å²) in [5.74, 6) is 0.262. The number of Topliss-reactive ketones (excluding diaryl/α,β-unsaturated/α-hetero) is 1. The van der Waals surface area contributed by atoms with Crippen LogP contribution in [0.4, 0.5) is 0 Å². The van der Waals surface area contributed by atoms with Crippen LogP contribution in [0.2, 0.25) is 0 Å². The molecular formula is C35H31NO7. The minimum Gasteiger partial charge on any atom is -0.507 e. The number of amides is 1. The summed E-state index contributed by atoms with van der Waals surface area (Å²) in [6, 6.07) is 28.9. The van der Waals surface area contributed by atoms with Gasteiger partial charge in [0.2, 0.25) is 0 Å². The Morgan fingerprint density at radius 3 is 2.26 bits per heavy atom. The topological polar surface area (TPSA) is 94.5 Å². The lowest BCUT2D eigenvalue weighted by Gasteiger charge is -2.26. The van der Waals surface area contributed by atoms with Crippen LogP contribution in [0.1, 0.15) is 28.3 Å². The first kappa shape index (κ1) is 27.9. The Morgan fingerprint density at radius 2 is 1.53 bits per heavy atom. The molecule has 0 aromatic heterocycles. The molecule has 218 valence electrons. The summed E-state index contributed by atoms with van der Waals surface area (Å²) in [5, 5.41) is 11.6. The molecule has 0 spiro atoms. The molecule has 6 rings (SSSR count). The van der Waals surface area contributed by atoms with Crippen LogP contribution in [-0.2, 0) is 22.6 Å². The van der Waals surface area contributed by atoms with Crippen LogP contribution < -0.4 is 18.9 Å². The number of hydrogen-bond donors (Lipinski definition) is 1. The van der Waals surface area contributed by atoms with Gasteiger partial charge in [-0.15, -0.1) is 0 Å². The zero-order valence-electron chi connectivity index (χ0n) is 23.7. The monoisotopic (exact) mass is 577 g/mol. The fourth-order valence-electron chi connectivity index (χ4n) is 5.41. The summed E-state index contributed by atoms with van der Waals surface area (Å²) in [6.07, 6.45) is 0.532. The van der Waals surface area contributed by atoms with Gasteiger partial charge in [0.1, 0.15) is 25.6 Å². The van der Waals surface area contributed by atoms with Crippen molar-refractivity contribution in [2.45, 2.75) is 19.1 Å². The molecular weight excluding hydrogens is 546 g/mol. The van der Waals surface area contributed by atoms with Crippen LogP contribution in [0, 0.1) is 0 Å². The fraction of sp³-hybridized carbons (Fsp3) is 0.200. The Labute approximate surface area is 249 Å². The van der Waals surface area contributed by atoms with Crippen molar-refractivity contribution >= 4 is 17.4 Å². The zero-order valence-corrected chi connectivity index (χ0v) is 23.7. The average Bonchev–Trinajstić information content (AvgIpc) is 3.31. The van der Waals surface area contributed by atoms with E-state index in [1.165, 1.54) is 12.0 Å². The molecule has 2 heterocycles. The zero-order chi connectivity index (χ0) is 29.8. The van der Waals surface area contributed by atoms with Crippen molar-refractivity contribution in [3.05, 3.63) is 125 Å². The SMILES string of the molecule is COc1cc(C2C(=C(O)c3ccc4c(c3)OCCO4)C(=O)C(=O)N2CCc2ccccc2)ccc1OCc1ccccc1. The van der Waals surface area contributed by atoms with Crippen LogP contribution in [0.5, 0.6) is 23.0 Å². The summed E-state index contributed by atoms with van der Waals surface area (Å²) in [7, 11) is 1.54. The Hall–Kier alpha value is -5.24. The summed E-state index contributed by atoms with van der Waals surface area (Å²) >= 11 is 0. The first-order valence-electron chi connectivity index (χ1n) is 14.1. The number of hydrogen-bond acceptors (Lipinski definition) is 7. The Morgan fingerprint density at radius 1 is 0.837 bits per heavy atom. The van der Waals surface area contributed by atoms with Crippen molar-refractivity contribution in [3.8, 4) is 23.0 Å². The molecule has 1 saturated heterocycles. The fourth-order valence-corrected chi connectivity index (χ4v) is 5.41. The minimum absolute atomic E-state index is 0.00486. The molecule has 4 aromatic carbocycles. The Balaban J connectivity index is 1.39. The van der Waals surface area contributed by atoms with Gasteiger partial charge in [0.15, 0.2) is 23.0 Å². The number of methoxy groups -OCH3 is 1. The van der Waals surface area contributed by atoms with E-state index in [0.29, 0.717) is 60.4 Å². The Kier molecular flexibility index (Phi) is 8.00. The van der Waals surface area contributed by atoms with Crippen LogP contribution >= 0.6 is 0 Å². The van der Waals surface area contributed by atoms with Crippen molar-refractivity contribution in [3.63, 3.8) is 0 Å². The molecule has 2 aliphatic rings. The van der Waals surface area contributed by atoms with Gasteiger partial charge in [-0.2, -0.15) is 0 Å². The average molecular weight is 578 g/mol. The highest BCUT2D eigenvalue weighted by molar-refractivity contribution is 6.46. The second kappa shape index (κ2) is 12.3. The van der Waals surface area contributed by atoms with E-state index in [-0.39, 0.29) is 17.9 Å². The highest BCUT2D eigenvalue weighted by atomic mass is 16.6. The largest absolute Gasteiger partial charge is 0.507 e. The molecule has 1 atom stereocenters.